The summed E-state index contributed by atoms with van der Waals surface area (Å²) in [6.07, 6.45) is 2.71. The third-order valence-electron chi connectivity index (χ3n) is 3.25. The van der Waals surface area contributed by atoms with Gasteiger partial charge in [-0.1, -0.05) is 12.1 Å². The monoisotopic (exact) mass is 278 g/mol. The van der Waals surface area contributed by atoms with Crippen LogP contribution >= 0.6 is 0 Å². The van der Waals surface area contributed by atoms with Crippen LogP contribution < -0.4 is 11.1 Å². The average molecular weight is 278 g/mol. The smallest absolute Gasteiger partial charge is 0.226 e. The van der Waals surface area contributed by atoms with Crippen LogP contribution in [0.5, 0.6) is 0 Å². The van der Waals surface area contributed by atoms with E-state index in [1.807, 2.05) is 24.3 Å². The Balaban J connectivity index is 1.64. The maximum absolute atomic E-state index is 11.8. The van der Waals surface area contributed by atoms with Gasteiger partial charge in [-0.15, -0.1) is 0 Å². The molecule has 1 saturated heterocycles. The number of benzene rings is 1. The number of amides is 1. The van der Waals surface area contributed by atoms with Gasteiger partial charge < -0.3 is 20.5 Å². The van der Waals surface area contributed by atoms with E-state index in [0.717, 1.165) is 30.7 Å². The summed E-state index contributed by atoms with van der Waals surface area (Å²) in [5, 5.41) is 2.84. The maximum Gasteiger partial charge on any atom is 0.226 e. The van der Waals surface area contributed by atoms with Gasteiger partial charge in [0.2, 0.25) is 5.91 Å². The summed E-state index contributed by atoms with van der Waals surface area (Å²) < 4.78 is 10.9. The van der Waals surface area contributed by atoms with E-state index in [4.69, 9.17) is 15.2 Å². The quantitative estimate of drug-likeness (QED) is 0.744. The molecule has 1 aromatic rings. The molecule has 1 aromatic carbocycles. The molecule has 5 heteroatoms. The summed E-state index contributed by atoms with van der Waals surface area (Å²) in [4.78, 5) is 11.8. The summed E-state index contributed by atoms with van der Waals surface area (Å²) in [5.41, 5.74) is 7.34. The van der Waals surface area contributed by atoms with Gasteiger partial charge in [0.05, 0.1) is 25.7 Å². The van der Waals surface area contributed by atoms with E-state index in [9.17, 15) is 4.79 Å². The van der Waals surface area contributed by atoms with Crippen molar-refractivity contribution in [3.05, 3.63) is 29.8 Å². The highest BCUT2D eigenvalue weighted by molar-refractivity contribution is 5.90. The molecule has 0 aromatic heterocycles. The van der Waals surface area contributed by atoms with Crippen LogP contribution in [0.15, 0.2) is 24.3 Å². The highest BCUT2D eigenvalue weighted by Crippen LogP contribution is 2.12. The fraction of sp³-hybridized carbons (Fsp3) is 0.533. The van der Waals surface area contributed by atoms with Crippen LogP contribution in [0.1, 0.15) is 24.8 Å². The first kappa shape index (κ1) is 15.0. The summed E-state index contributed by atoms with van der Waals surface area (Å²) >= 11 is 0. The lowest BCUT2D eigenvalue weighted by molar-refractivity contribution is -0.117. The Hall–Kier alpha value is -1.43. The molecule has 20 heavy (non-hydrogen) atoms. The minimum atomic E-state index is -0.0495. The van der Waals surface area contributed by atoms with Crippen molar-refractivity contribution in [3.63, 3.8) is 0 Å². The molecule has 1 unspecified atom stereocenters. The Kier molecular flexibility index (Phi) is 5.98. The van der Waals surface area contributed by atoms with Crippen LogP contribution in [-0.4, -0.2) is 31.8 Å². The van der Waals surface area contributed by atoms with Crippen molar-refractivity contribution >= 4 is 11.6 Å². The topological polar surface area (TPSA) is 73.6 Å². The standard InChI is InChI=1S/C15H22N2O3/c16-10-12-3-1-4-13(9-12)17-15(18)6-8-19-11-14-5-2-7-20-14/h1,3-4,9,14H,2,5-8,10-11,16H2,(H,17,18). The largest absolute Gasteiger partial charge is 0.378 e. The second kappa shape index (κ2) is 7.99. The van der Waals surface area contributed by atoms with E-state index in [2.05, 4.69) is 5.32 Å². The molecule has 2 rings (SSSR count). The zero-order valence-corrected chi connectivity index (χ0v) is 11.6. The molecule has 1 amide bonds. The molecule has 1 aliphatic rings. The molecule has 0 saturated carbocycles. The number of hydrogen-bond donors (Lipinski definition) is 2. The van der Waals surface area contributed by atoms with Crippen molar-refractivity contribution in [3.8, 4) is 0 Å². The first-order valence-corrected chi connectivity index (χ1v) is 7.06. The zero-order chi connectivity index (χ0) is 14.2. The van der Waals surface area contributed by atoms with E-state index < -0.39 is 0 Å². The number of carbonyl (C=O) groups excluding carboxylic acids is 1. The van der Waals surface area contributed by atoms with E-state index in [-0.39, 0.29) is 12.0 Å². The fourth-order valence-electron chi connectivity index (χ4n) is 2.15. The van der Waals surface area contributed by atoms with Gasteiger partial charge in [-0.05, 0) is 30.5 Å². The van der Waals surface area contributed by atoms with E-state index in [0.29, 0.717) is 26.2 Å². The Bertz CT molecular complexity index is 431. The molecule has 5 nitrogen and oxygen atoms in total. The van der Waals surface area contributed by atoms with Crippen LogP contribution in [0.25, 0.3) is 0 Å². The Labute approximate surface area is 119 Å². The van der Waals surface area contributed by atoms with Crippen molar-refractivity contribution in [1.29, 1.82) is 0 Å². The predicted octanol–water partition coefficient (Wildman–Crippen LogP) is 1.67. The third-order valence-corrected chi connectivity index (χ3v) is 3.25. The number of hydrogen-bond acceptors (Lipinski definition) is 4. The lowest BCUT2D eigenvalue weighted by Gasteiger charge is -2.10. The lowest BCUT2D eigenvalue weighted by Crippen LogP contribution is -2.18. The lowest BCUT2D eigenvalue weighted by atomic mass is 10.2. The number of nitrogens with two attached hydrogens (primary N) is 1. The minimum Gasteiger partial charge on any atom is -0.378 e. The molecule has 1 fully saturated rings. The first-order valence-electron chi connectivity index (χ1n) is 7.06. The molecule has 0 radical (unpaired) electrons. The average Bonchev–Trinajstić information content (AvgIpc) is 2.97. The highest BCUT2D eigenvalue weighted by atomic mass is 16.5. The van der Waals surface area contributed by atoms with E-state index in [1.54, 1.807) is 0 Å². The molecule has 1 aliphatic heterocycles. The van der Waals surface area contributed by atoms with Crippen molar-refractivity contribution in [2.24, 2.45) is 5.73 Å². The Morgan fingerprint density at radius 1 is 1.50 bits per heavy atom. The molecule has 110 valence electrons. The van der Waals surface area contributed by atoms with Crippen molar-refractivity contribution < 1.29 is 14.3 Å². The van der Waals surface area contributed by atoms with Crippen LogP contribution in [0.2, 0.25) is 0 Å². The number of ether oxygens (including phenoxy) is 2. The van der Waals surface area contributed by atoms with Gasteiger partial charge in [-0.25, -0.2) is 0 Å². The van der Waals surface area contributed by atoms with Gasteiger partial charge in [0.25, 0.3) is 0 Å². The normalized spacial score (nSPS) is 18.1. The van der Waals surface area contributed by atoms with Crippen molar-refractivity contribution in [2.75, 3.05) is 25.1 Å². The van der Waals surface area contributed by atoms with Gasteiger partial charge in [0.15, 0.2) is 0 Å². The van der Waals surface area contributed by atoms with Crippen LogP contribution in [-0.2, 0) is 20.8 Å². The highest BCUT2D eigenvalue weighted by Gasteiger charge is 2.15. The molecule has 0 spiro atoms. The number of nitrogens with one attached hydrogen (secondary N) is 1. The molecule has 0 aliphatic carbocycles. The Morgan fingerprint density at radius 2 is 2.40 bits per heavy atom. The van der Waals surface area contributed by atoms with Crippen LogP contribution in [0, 0.1) is 0 Å². The zero-order valence-electron chi connectivity index (χ0n) is 11.6. The van der Waals surface area contributed by atoms with E-state index in [1.165, 1.54) is 0 Å². The summed E-state index contributed by atoms with van der Waals surface area (Å²) in [6.45, 7) is 2.29. The van der Waals surface area contributed by atoms with Gasteiger partial charge in [0.1, 0.15) is 0 Å². The van der Waals surface area contributed by atoms with Crippen LogP contribution in [0.4, 0.5) is 5.69 Å². The van der Waals surface area contributed by atoms with E-state index >= 15 is 0 Å². The van der Waals surface area contributed by atoms with Gasteiger partial charge >= 0.3 is 0 Å². The van der Waals surface area contributed by atoms with Gasteiger partial charge in [0, 0.05) is 18.8 Å². The summed E-state index contributed by atoms with van der Waals surface area (Å²) in [6, 6.07) is 7.54. The minimum absolute atomic E-state index is 0.0495. The van der Waals surface area contributed by atoms with Gasteiger partial charge in [-0.2, -0.15) is 0 Å². The molecule has 3 N–H and O–H groups in total. The second-order valence-electron chi connectivity index (χ2n) is 4.91. The molecular formula is C15H22N2O3. The van der Waals surface area contributed by atoms with Crippen LogP contribution in [0.3, 0.4) is 0 Å². The summed E-state index contributed by atoms with van der Waals surface area (Å²) in [7, 11) is 0. The maximum atomic E-state index is 11.8. The predicted molar refractivity (Wildman–Crippen MR) is 77.4 cm³/mol. The molecule has 0 bridgehead atoms. The molecule has 1 atom stereocenters. The SMILES string of the molecule is NCc1cccc(NC(=O)CCOCC2CCCO2)c1. The fourth-order valence-corrected chi connectivity index (χ4v) is 2.15. The second-order valence-corrected chi connectivity index (χ2v) is 4.91. The number of rotatable bonds is 7. The third kappa shape index (κ3) is 4.92. The summed E-state index contributed by atoms with van der Waals surface area (Å²) in [5.74, 6) is -0.0495. The molecular weight excluding hydrogens is 256 g/mol. The first-order chi connectivity index (χ1) is 9.78. The molecule has 1 heterocycles. The van der Waals surface area contributed by atoms with Crippen molar-refractivity contribution in [2.45, 2.75) is 31.9 Å². The van der Waals surface area contributed by atoms with Gasteiger partial charge in [-0.3, -0.25) is 4.79 Å². The number of anilines is 1. The van der Waals surface area contributed by atoms with Crippen molar-refractivity contribution in [1.82, 2.24) is 0 Å². The Morgan fingerprint density at radius 3 is 3.15 bits per heavy atom. The number of carbonyl (C=O) groups is 1.